The third-order valence-electron chi connectivity index (χ3n) is 18.0. The van der Waals surface area contributed by atoms with Gasteiger partial charge in [-0.25, -0.2) is 0 Å². The summed E-state index contributed by atoms with van der Waals surface area (Å²) in [5.74, 6) is 3.33. The summed E-state index contributed by atoms with van der Waals surface area (Å²) in [5, 5.41) is 52.3. The molecule has 4 saturated heterocycles. The number of morpholine rings is 1. The average Bonchev–Trinajstić information content (AvgIpc) is 1.06. The van der Waals surface area contributed by atoms with Gasteiger partial charge < -0.3 is 89.8 Å². The van der Waals surface area contributed by atoms with Crippen LogP contribution >= 0.6 is 0 Å². The maximum absolute atomic E-state index is 5.01. The highest BCUT2D eigenvalue weighted by Gasteiger charge is 2.05. The van der Waals surface area contributed by atoms with Crippen LogP contribution < -0.4 is 85.1 Å². The Morgan fingerprint density at radius 1 is 0.274 bits per heavy atom. The van der Waals surface area contributed by atoms with Crippen molar-refractivity contribution in [3.8, 4) is 0 Å². The second kappa shape index (κ2) is 141. The Morgan fingerprint density at radius 3 is 0.880 bits per heavy atom. The maximum atomic E-state index is 5.01. The van der Waals surface area contributed by atoms with Gasteiger partial charge in [0.25, 0.3) is 0 Å². The van der Waals surface area contributed by atoms with E-state index in [-0.39, 0.29) is 0 Å². The number of ether oxygens (including phenoxy) is 1. The molecule has 0 saturated carbocycles. The molecule has 4 fully saturated rings. The molecule has 3 atom stereocenters. The molecule has 0 amide bonds. The molecule has 4 aliphatic rings. The van der Waals surface area contributed by atoms with E-state index < -0.39 is 0 Å². The predicted molar refractivity (Wildman–Crippen MR) is 546 cm³/mol. The molecular weight excluding hydrogens is 1440 g/mol. The van der Waals surface area contributed by atoms with Gasteiger partial charge in [0.1, 0.15) is 0 Å². The molecule has 0 bridgehead atoms. The highest BCUT2D eigenvalue weighted by atomic mass is 16.5. The van der Waals surface area contributed by atoms with Gasteiger partial charge in [0.15, 0.2) is 0 Å². The molecule has 17 nitrogen and oxygen atoms in total. The predicted octanol–water partition coefficient (Wildman–Crippen LogP) is 21.6. The quantitative estimate of drug-likeness (QED) is 0.0256. The van der Waals surface area contributed by atoms with Crippen molar-refractivity contribution in [2.24, 2.45) is 23.7 Å². The van der Waals surface area contributed by atoms with Gasteiger partial charge >= 0.3 is 0 Å². The third-order valence-corrected chi connectivity index (χ3v) is 18.0. The molecule has 0 spiro atoms. The van der Waals surface area contributed by atoms with E-state index in [1.54, 1.807) is 0 Å². The summed E-state index contributed by atoms with van der Waals surface area (Å²) in [7, 11) is 6.02. The molecule has 0 radical (unpaired) electrons. The van der Waals surface area contributed by atoms with Gasteiger partial charge in [-0.05, 0) is 312 Å². The van der Waals surface area contributed by atoms with Crippen molar-refractivity contribution in [2.45, 2.75) is 456 Å². The number of nitrogens with one attached hydrogen (secondary N) is 16. The number of unbranched alkanes of at least 4 members (excludes halogenated alkanes) is 11. The van der Waals surface area contributed by atoms with Gasteiger partial charge in [0, 0.05) is 55.4 Å². The number of hydrogen-bond acceptors (Lipinski definition) is 17. The average molecular weight is 1680 g/mol. The monoisotopic (exact) mass is 1680 g/mol. The van der Waals surface area contributed by atoms with Gasteiger partial charge in [-0.2, -0.15) is 0 Å². The number of piperidine rings is 2. The lowest BCUT2D eigenvalue weighted by Crippen LogP contribution is -2.31. The topological polar surface area (TPSA) is 202 Å². The van der Waals surface area contributed by atoms with Crippen LogP contribution in [-0.2, 0) is 4.74 Å². The Kier molecular flexibility index (Phi) is 172. The Labute approximate surface area is 744 Å². The summed E-state index contributed by atoms with van der Waals surface area (Å²) in [5.41, 5.74) is 0. The van der Waals surface area contributed by atoms with Crippen molar-refractivity contribution in [3.05, 3.63) is 0 Å². The zero-order valence-electron chi connectivity index (χ0n) is 87.9. The summed E-state index contributed by atoms with van der Waals surface area (Å²) in [6.07, 6.45) is 40.0. The third kappa shape index (κ3) is 208. The molecule has 4 aliphatic heterocycles. The first kappa shape index (κ1) is 142. The minimum absolute atomic E-state index is 0.630. The molecule has 3 unspecified atom stereocenters. The Bertz CT molecular complexity index is 1320. The van der Waals surface area contributed by atoms with Gasteiger partial charge in [0.05, 0.1) is 13.2 Å². The van der Waals surface area contributed by atoms with Crippen LogP contribution in [0.25, 0.3) is 0 Å². The van der Waals surface area contributed by atoms with Crippen LogP contribution in [0.1, 0.15) is 414 Å². The van der Waals surface area contributed by atoms with E-state index in [1.165, 1.54) is 271 Å². The van der Waals surface area contributed by atoms with Crippen LogP contribution in [0.2, 0.25) is 0 Å². The zero-order valence-corrected chi connectivity index (χ0v) is 87.9. The van der Waals surface area contributed by atoms with Gasteiger partial charge in [-0.1, -0.05) is 278 Å². The molecule has 17 heteroatoms. The maximum Gasteiger partial charge on any atom is 0.0591 e. The first-order valence-electron chi connectivity index (χ1n) is 50.9. The minimum atomic E-state index is 0.630. The summed E-state index contributed by atoms with van der Waals surface area (Å²) in [6, 6.07) is 4.65. The number of hydrogen-bond donors (Lipinski definition) is 16. The summed E-state index contributed by atoms with van der Waals surface area (Å²) in [4.78, 5) is 0. The largest absolute Gasteiger partial charge is 0.379 e. The zero-order chi connectivity index (χ0) is 91.6. The van der Waals surface area contributed by atoms with Crippen LogP contribution in [0, 0.1) is 23.7 Å². The van der Waals surface area contributed by atoms with E-state index in [2.05, 4.69) is 307 Å². The van der Waals surface area contributed by atoms with E-state index in [0.717, 1.165) is 102 Å². The van der Waals surface area contributed by atoms with E-state index in [4.69, 9.17) is 4.74 Å². The Morgan fingerprint density at radius 2 is 0.615 bits per heavy atom. The van der Waals surface area contributed by atoms with Gasteiger partial charge in [0.2, 0.25) is 0 Å². The van der Waals surface area contributed by atoms with E-state index in [1.807, 2.05) is 21.1 Å². The normalized spacial score (nSPS) is 13.9. The second-order valence-electron chi connectivity index (χ2n) is 34.7. The van der Waals surface area contributed by atoms with Crippen molar-refractivity contribution in [1.82, 2.24) is 85.1 Å². The fourth-order valence-electron chi connectivity index (χ4n) is 9.89. The van der Waals surface area contributed by atoms with Crippen molar-refractivity contribution < 1.29 is 4.74 Å². The van der Waals surface area contributed by atoms with Crippen molar-refractivity contribution in [1.29, 1.82) is 0 Å². The summed E-state index contributed by atoms with van der Waals surface area (Å²) >= 11 is 0. The fraction of sp³-hybridized carbons (Fsp3) is 1.00. The van der Waals surface area contributed by atoms with Crippen LogP contribution in [0.4, 0.5) is 0 Å². The van der Waals surface area contributed by atoms with Gasteiger partial charge in [-0.15, -0.1) is 0 Å². The first-order chi connectivity index (χ1) is 56.0. The van der Waals surface area contributed by atoms with Crippen LogP contribution in [-0.4, -0.2) is 221 Å². The van der Waals surface area contributed by atoms with Crippen LogP contribution in [0.15, 0.2) is 0 Å². The first-order valence-corrected chi connectivity index (χ1v) is 50.9. The smallest absolute Gasteiger partial charge is 0.0591 e. The van der Waals surface area contributed by atoms with Crippen LogP contribution in [0.5, 0.6) is 0 Å². The van der Waals surface area contributed by atoms with E-state index in [9.17, 15) is 0 Å². The standard InChI is InChI=1S/C8H19N.7C7H17N.C6H13N.4C6H15N.C5H11N.C4H9NO.C4H9N/c1-3-4-5-6-7-8-9-2;1-6(2)5-8-7(3)4;1-5-7(4)8-6(2)3;1-4-5-8-6-7(2)3;1-4-5-6-8-7(2)3;1-4-6-8-7(3)5-2;1-3-4-5-6-7-8-2;1-3-5-7-8-6-4-2;1-6-2-4-7-5-3-6;1-4-7-5-6(2)3;1-4-5-7-6(2)3;1-4-6(3)7-5-2;1-3-4-5-6-7-2;1-2-4-6-5-3-1;1-3-6-4-2-5-1;1-2-4-5-3-1/h9H,3-8H2,1-2H3;2*6-8H,5H2,1-4H3;3*7-8H,4-6H2,1-3H3;2*8H,3-7H2,1-2H3;6-7H,2-5H2,1H3;3*6-7H,4-5H2,1-3H3;7H,3-6H2,1-2H3;6H,1-5H2;5H,1-4H2;5H,1-4H2. The van der Waals surface area contributed by atoms with E-state index >= 15 is 0 Å². The molecule has 117 heavy (non-hydrogen) atoms. The van der Waals surface area contributed by atoms with Crippen molar-refractivity contribution in [2.75, 3.05) is 178 Å². The molecule has 0 aliphatic carbocycles. The molecule has 16 N–H and O–H groups in total. The summed E-state index contributed by atoms with van der Waals surface area (Å²) < 4.78 is 5.01. The molecule has 4 rings (SSSR count). The highest BCUT2D eigenvalue weighted by Crippen LogP contribution is 2.08. The molecule has 0 aromatic heterocycles. The lowest BCUT2D eigenvalue weighted by atomic mass is 10.0. The highest BCUT2D eigenvalue weighted by molar-refractivity contribution is 4.64. The molecule has 726 valence electrons. The molecule has 0 aromatic carbocycles. The summed E-state index contributed by atoms with van der Waals surface area (Å²) in [6.45, 7) is 97.8. The molecule has 0 aromatic rings. The second-order valence-corrected chi connectivity index (χ2v) is 34.7. The lowest BCUT2D eigenvalue weighted by Gasteiger charge is -2.17. The van der Waals surface area contributed by atoms with Gasteiger partial charge in [-0.3, -0.25) is 0 Å². The van der Waals surface area contributed by atoms with Crippen LogP contribution in [0.3, 0.4) is 0 Å². The number of rotatable bonds is 47. The Hall–Kier alpha value is -0.680. The van der Waals surface area contributed by atoms with Crippen molar-refractivity contribution >= 4 is 0 Å². The lowest BCUT2D eigenvalue weighted by molar-refractivity contribution is 0.109. The molecule has 4 heterocycles. The van der Waals surface area contributed by atoms with Crippen molar-refractivity contribution in [3.63, 3.8) is 0 Å². The van der Waals surface area contributed by atoms with E-state index in [0.29, 0.717) is 42.3 Å². The SMILES string of the molecule is C1CCNC1.C1CCNCC1.C1COCCN1.CC(C)CNC(C)C.CC1CCNCC1.CCC(C)NC(C)C.CCCCCCCNC.CCCCCCNC.CCCCCNC.CCCCNC(C)C.CCCCNCCC.CCCNC(C)C.CCCNC(C)CC.CCCNCC(C)C.CCNC(C)CC.CCNCC(C)C. The minimum Gasteiger partial charge on any atom is -0.379 e. The molecular formula is C100H240N16O. The fourth-order valence-corrected chi connectivity index (χ4v) is 9.89. The Balaban J connectivity index is -0.000000101.